The highest BCUT2D eigenvalue weighted by atomic mass is 32.1. The Morgan fingerprint density at radius 3 is 2.79 bits per heavy atom. The van der Waals surface area contributed by atoms with Crippen LogP contribution in [0, 0.1) is 5.92 Å². The van der Waals surface area contributed by atoms with Crippen molar-refractivity contribution in [2.45, 2.75) is 12.5 Å². The van der Waals surface area contributed by atoms with Crippen molar-refractivity contribution in [3.63, 3.8) is 0 Å². The fourth-order valence-corrected chi connectivity index (χ4v) is 3.02. The Balaban J connectivity index is 1.68. The third-order valence-corrected chi connectivity index (χ3v) is 4.17. The first-order valence-electron chi connectivity index (χ1n) is 6.13. The summed E-state index contributed by atoms with van der Waals surface area (Å²) >= 11 is 1.36. The Bertz CT molecular complexity index is 546. The zero-order chi connectivity index (χ0) is 13.2. The molecular formula is C12H15N5OS. The van der Waals surface area contributed by atoms with Gasteiger partial charge < -0.3 is 15.7 Å². The molecule has 1 aliphatic rings. The number of nitrogens with two attached hydrogens (primary N) is 1. The van der Waals surface area contributed by atoms with Crippen LogP contribution in [-0.2, 0) is 6.42 Å². The van der Waals surface area contributed by atoms with E-state index >= 15 is 0 Å². The second kappa shape index (κ2) is 5.10. The van der Waals surface area contributed by atoms with E-state index in [-0.39, 0.29) is 12.0 Å². The van der Waals surface area contributed by atoms with Crippen molar-refractivity contribution in [1.29, 1.82) is 0 Å². The van der Waals surface area contributed by atoms with Gasteiger partial charge in [-0.25, -0.2) is 0 Å². The molecule has 0 saturated carbocycles. The van der Waals surface area contributed by atoms with E-state index in [1.165, 1.54) is 16.9 Å². The van der Waals surface area contributed by atoms with Crippen molar-refractivity contribution in [2.24, 2.45) is 5.92 Å². The van der Waals surface area contributed by atoms with Crippen LogP contribution in [0.3, 0.4) is 0 Å². The van der Waals surface area contributed by atoms with Crippen LogP contribution in [0.1, 0.15) is 5.56 Å². The lowest BCUT2D eigenvalue weighted by molar-refractivity contribution is 0.148. The molecule has 3 rings (SSSR count). The number of hydrogen-bond acceptors (Lipinski definition) is 7. The number of nitrogens with zero attached hydrogens (tertiary/aromatic N) is 4. The van der Waals surface area contributed by atoms with E-state index in [1.54, 1.807) is 12.4 Å². The summed E-state index contributed by atoms with van der Waals surface area (Å²) in [5.74, 6) is 0.201. The van der Waals surface area contributed by atoms with Gasteiger partial charge >= 0.3 is 0 Å². The van der Waals surface area contributed by atoms with Crippen LogP contribution < -0.4 is 10.6 Å². The van der Waals surface area contributed by atoms with Gasteiger partial charge in [-0.1, -0.05) is 11.3 Å². The molecule has 0 amide bonds. The average Bonchev–Trinajstić information content (AvgIpc) is 2.98. The molecule has 0 spiro atoms. The van der Waals surface area contributed by atoms with Crippen LogP contribution in [0.15, 0.2) is 24.5 Å². The first-order valence-corrected chi connectivity index (χ1v) is 6.95. The number of hydrogen-bond donors (Lipinski definition) is 2. The summed E-state index contributed by atoms with van der Waals surface area (Å²) in [4.78, 5) is 6.05. The van der Waals surface area contributed by atoms with Crippen molar-refractivity contribution in [3.8, 4) is 0 Å². The van der Waals surface area contributed by atoms with Crippen LogP contribution in [0.4, 0.5) is 10.3 Å². The number of rotatable bonds is 3. The van der Waals surface area contributed by atoms with Crippen LogP contribution in [0.5, 0.6) is 0 Å². The predicted molar refractivity (Wildman–Crippen MR) is 74.0 cm³/mol. The van der Waals surface area contributed by atoms with Crippen molar-refractivity contribution < 1.29 is 5.11 Å². The molecular weight excluding hydrogens is 262 g/mol. The normalized spacial score (nSPS) is 22.9. The highest BCUT2D eigenvalue weighted by Crippen LogP contribution is 2.29. The van der Waals surface area contributed by atoms with Crippen LogP contribution in [-0.4, -0.2) is 39.5 Å². The minimum atomic E-state index is -0.349. The zero-order valence-electron chi connectivity index (χ0n) is 10.3. The smallest absolute Gasteiger partial charge is 0.210 e. The molecule has 7 heteroatoms. The Labute approximate surface area is 114 Å². The van der Waals surface area contributed by atoms with Gasteiger partial charge in [0.15, 0.2) is 0 Å². The minimum Gasteiger partial charge on any atom is -0.391 e. The maximum atomic E-state index is 10.2. The highest BCUT2D eigenvalue weighted by Gasteiger charge is 2.32. The fraction of sp³-hybridized carbons (Fsp3) is 0.417. The lowest BCUT2D eigenvalue weighted by Crippen LogP contribution is -2.20. The van der Waals surface area contributed by atoms with Gasteiger partial charge in [0.05, 0.1) is 6.10 Å². The summed E-state index contributed by atoms with van der Waals surface area (Å²) < 4.78 is 0. The SMILES string of the molecule is Nc1nnc(N2C[C@@H](Cc3ccncc3)[C@@H](O)C2)s1. The summed E-state index contributed by atoms with van der Waals surface area (Å²) in [5.41, 5.74) is 6.78. The number of β-amino-alcohol motifs (C(OH)–C–C–N with tert-alkyl or cyclic N) is 1. The number of nitrogen functional groups attached to an aromatic ring is 1. The largest absolute Gasteiger partial charge is 0.391 e. The van der Waals surface area contributed by atoms with E-state index in [2.05, 4.69) is 15.2 Å². The van der Waals surface area contributed by atoms with Crippen molar-refractivity contribution >= 4 is 21.6 Å². The summed E-state index contributed by atoms with van der Waals surface area (Å²) in [6.07, 6.45) is 4.05. The zero-order valence-corrected chi connectivity index (χ0v) is 11.1. The summed E-state index contributed by atoms with van der Waals surface area (Å²) in [7, 11) is 0. The van der Waals surface area contributed by atoms with Crippen LogP contribution >= 0.6 is 11.3 Å². The minimum absolute atomic E-state index is 0.201. The molecule has 0 aromatic carbocycles. The number of aliphatic hydroxyl groups is 1. The van der Waals surface area contributed by atoms with Gasteiger partial charge in [-0.3, -0.25) is 4.98 Å². The molecule has 1 fully saturated rings. The predicted octanol–water partition coefficient (Wildman–Crippen LogP) is 0.555. The van der Waals surface area contributed by atoms with Gasteiger partial charge in [-0.2, -0.15) is 0 Å². The van der Waals surface area contributed by atoms with E-state index < -0.39 is 0 Å². The standard InChI is InChI=1S/C12H15N5OS/c13-11-15-16-12(19-11)17-6-9(10(18)7-17)5-8-1-3-14-4-2-8/h1-4,9-10,18H,5-7H2,(H2,13,15)/t9-,10+/m1/s1. The van der Waals surface area contributed by atoms with Crippen molar-refractivity contribution in [3.05, 3.63) is 30.1 Å². The van der Waals surface area contributed by atoms with E-state index in [4.69, 9.17) is 5.73 Å². The Morgan fingerprint density at radius 2 is 2.11 bits per heavy atom. The van der Waals surface area contributed by atoms with E-state index in [9.17, 15) is 5.11 Å². The second-order valence-electron chi connectivity index (χ2n) is 4.71. The summed E-state index contributed by atoms with van der Waals surface area (Å²) in [5, 5.41) is 19.2. The molecule has 0 bridgehead atoms. The number of anilines is 2. The van der Waals surface area contributed by atoms with Gasteiger partial charge in [0, 0.05) is 31.4 Å². The maximum absolute atomic E-state index is 10.2. The molecule has 19 heavy (non-hydrogen) atoms. The Hall–Kier alpha value is -1.73. The third kappa shape index (κ3) is 2.66. The fourth-order valence-electron chi connectivity index (χ4n) is 2.39. The molecule has 0 aliphatic carbocycles. The van der Waals surface area contributed by atoms with Gasteiger partial charge in [-0.05, 0) is 24.1 Å². The van der Waals surface area contributed by atoms with Gasteiger partial charge in [0.25, 0.3) is 0 Å². The number of pyridine rings is 1. The van der Waals surface area contributed by atoms with Crippen molar-refractivity contribution in [2.75, 3.05) is 23.7 Å². The van der Waals surface area contributed by atoms with Crippen LogP contribution in [0.2, 0.25) is 0 Å². The van der Waals surface area contributed by atoms with E-state index in [1.807, 2.05) is 17.0 Å². The molecule has 3 N–H and O–H groups in total. The molecule has 100 valence electrons. The van der Waals surface area contributed by atoms with Gasteiger partial charge in [0.2, 0.25) is 10.3 Å². The number of aliphatic hydroxyl groups excluding tert-OH is 1. The van der Waals surface area contributed by atoms with Gasteiger partial charge in [-0.15, -0.1) is 10.2 Å². The second-order valence-corrected chi connectivity index (χ2v) is 5.70. The summed E-state index contributed by atoms with van der Waals surface area (Å²) in [6.45, 7) is 1.36. The monoisotopic (exact) mass is 277 g/mol. The first-order chi connectivity index (χ1) is 9.22. The van der Waals surface area contributed by atoms with Crippen molar-refractivity contribution in [1.82, 2.24) is 15.2 Å². The first kappa shape index (κ1) is 12.3. The maximum Gasteiger partial charge on any atom is 0.210 e. The molecule has 2 atom stereocenters. The lowest BCUT2D eigenvalue weighted by atomic mass is 9.97. The highest BCUT2D eigenvalue weighted by molar-refractivity contribution is 7.18. The molecule has 0 radical (unpaired) electrons. The summed E-state index contributed by atoms with van der Waals surface area (Å²) in [6, 6.07) is 3.97. The average molecular weight is 277 g/mol. The van der Waals surface area contributed by atoms with E-state index in [0.29, 0.717) is 11.7 Å². The van der Waals surface area contributed by atoms with Gasteiger partial charge in [0.1, 0.15) is 0 Å². The molecule has 2 aromatic rings. The molecule has 6 nitrogen and oxygen atoms in total. The van der Waals surface area contributed by atoms with Crippen LogP contribution in [0.25, 0.3) is 0 Å². The Kier molecular flexibility index (Phi) is 3.31. The number of aromatic nitrogens is 3. The third-order valence-electron chi connectivity index (χ3n) is 3.35. The Morgan fingerprint density at radius 1 is 1.32 bits per heavy atom. The lowest BCUT2D eigenvalue weighted by Gasteiger charge is -2.13. The molecule has 1 saturated heterocycles. The quantitative estimate of drug-likeness (QED) is 0.852. The molecule has 0 unspecified atom stereocenters. The molecule has 3 heterocycles. The molecule has 1 aliphatic heterocycles. The van der Waals surface area contributed by atoms with E-state index in [0.717, 1.165) is 18.1 Å². The topological polar surface area (TPSA) is 88.2 Å². The molecule has 2 aromatic heterocycles.